The molecular formula is C21H30N4O2. The van der Waals surface area contributed by atoms with Crippen LogP contribution < -0.4 is 10.1 Å². The van der Waals surface area contributed by atoms with Crippen molar-refractivity contribution in [3.8, 4) is 11.4 Å². The molecule has 146 valence electrons. The van der Waals surface area contributed by atoms with Gasteiger partial charge in [-0.05, 0) is 62.5 Å². The van der Waals surface area contributed by atoms with Crippen LogP contribution in [-0.4, -0.2) is 53.9 Å². The van der Waals surface area contributed by atoms with E-state index in [-0.39, 0.29) is 5.91 Å². The quantitative estimate of drug-likeness (QED) is 0.814. The Hall–Kier alpha value is -2.34. The molecule has 0 bridgehead atoms. The fourth-order valence-corrected chi connectivity index (χ4v) is 3.56. The molecule has 1 fully saturated rings. The summed E-state index contributed by atoms with van der Waals surface area (Å²) in [6.45, 7) is 8.27. The first-order valence-electron chi connectivity index (χ1n) is 9.78. The summed E-state index contributed by atoms with van der Waals surface area (Å²) in [4.78, 5) is 15.0. The second-order valence-electron chi connectivity index (χ2n) is 7.50. The van der Waals surface area contributed by atoms with E-state index in [1.165, 1.54) is 32.4 Å². The van der Waals surface area contributed by atoms with E-state index >= 15 is 0 Å². The SMILES string of the molecule is COc1ccc(C)cc1-n1ccc(C(=O)NCC(C)CN2CCCCC2)n1. The summed E-state index contributed by atoms with van der Waals surface area (Å²) < 4.78 is 7.10. The van der Waals surface area contributed by atoms with Crippen molar-refractivity contribution >= 4 is 5.91 Å². The molecule has 6 heteroatoms. The Morgan fingerprint density at radius 1 is 1.26 bits per heavy atom. The summed E-state index contributed by atoms with van der Waals surface area (Å²) in [6, 6.07) is 7.64. The topological polar surface area (TPSA) is 59.4 Å². The van der Waals surface area contributed by atoms with Crippen LogP contribution in [0.3, 0.4) is 0 Å². The van der Waals surface area contributed by atoms with Gasteiger partial charge in [0.2, 0.25) is 0 Å². The van der Waals surface area contributed by atoms with Gasteiger partial charge in [-0.1, -0.05) is 19.4 Å². The van der Waals surface area contributed by atoms with Gasteiger partial charge in [-0.2, -0.15) is 5.10 Å². The van der Waals surface area contributed by atoms with Crippen molar-refractivity contribution in [3.63, 3.8) is 0 Å². The molecule has 3 rings (SSSR count). The molecule has 27 heavy (non-hydrogen) atoms. The number of aromatic nitrogens is 2. The van der Waals surface area contributed by atoms with Crippen LogP contribution in [-0.2, 0) is 0 Å². The van der Waals surface area contributed by atoms with Gasteiger partial charge in [-0.15, -0.1) is 0 Å². The van der Waals surface area contributed by atoms with E-state index in [4.69, 9.17) is 4.74 Å². The minimum atomic E-state index is -0.133. The standard InChI is InChI=1S/C21H30N4O2/c1-16-7-8-20(27-3)19(13-16)25-12-9-18(23-25)21(26)22-14-17(2)15-24-10-5-4-6-11-24/h7-9,12-13,17H,4-6,10-11,14-15H2,1-3H3,(H,22,26). The molecule has 1 N–H and O–H groups in total. The van der Waals surface area contributed by atoms with Crippen LogP contribution in [0, 0.1) is 12.8 Å². The van der Waals surface area contributed by atoms with E-state index in [0.717, 1.165) is 23.5 Å². The molecule has 1 aliphatic heterocycles. The molecule has 0 spiro atoms. The molecule has 2 heterocycles. The van der Waals surface area contributed by atoms with Gasteiger partial charge in [0.15, 0.2) is 5.69 Å². The largest absolute Gasteiger partial charge is 0.494 e. The van der Waals surface area contributed by atoms with E-state index < -0.39 is 0 Å². The normalized spacial score (nSPS) is 16.1. The molecular weight excluding hydrogens is 340 g/mol. The predicted molar refractivity (Wildman–Crippen MR) is 107 cm³/mol. The van der Waals surface area contributed by atoms with E-state index in [0.29, 0.717) is 18.2 Å². The van der Waals surface area contributed by atoms with E-state index in [2.05, 4.69) is 22.2 Å². The van der Waals surface area contributed by atoms with E-state index in [9.17, 15) is 4.79 Å². The fraction of sp³-hybridized carbons (Fsp3) is 0.524. The Morgan fingerprint density at radius 3 is 2.78 bits per heavy atom. The Balaban J connectivity index is 1.57. The van der Waals surface area contributed by atoms with Gasteiger partial charge in [-0.25, -0.2) is 4.68 Å². The van der Waals surface area contributed by atoms with Crippen LogP contribution in [0.2, 0.25) is 0 Å². The monoisotopic (exact) mass is 370 g/mol. The molecule has 1 amide bonds. The summed E-state index contributed by atoms with van der Waals surface area (Å²) in [6.07, 6.45) is 5.72. The van der Waals surface area contributed by atoms with Crippen molar-refractivity contribution in [1.82, 2.24) is 20.0 Å². The van der Waals surface area contributed by atoms with Crippen LogP contribution >= 0.6 is 0 Å². The molecule has 2 aromatic rings. The van der Waals surface area contributed by atoms with Crippen molar-refractivity contribution in [2.24, 2.45) is 5.92 Å². The molecule has 1 saturated heterocycles. The summed E-state index contributed by atoms with van der Waals surface area (Å²) in [5.74, 6) is 1.02. The summed E-state index contributed by atoms with van der Waals surface area (Å²) in [5.41, 5.74) is 2.36. The minimum absolute atomic E-state index is 0.133. The molecule has 1 aromatic heterocycles. The second-order valence-corrected chi connectivity index (χ2v) is 7.50. The number of ether oxygens (including phenoxy) is 1. The smallest absolute Gasteiger partial charge is 0.271 e. The first kappa shape index (κ1) is 19.4. The average Bonchev–Trinajstić information content (AvgIpc) is 3.17. The summed E-state index contributed by atoms with van der Waals surface area (Å²) >= 11 is 0. The first-order chi connectivity index (χ1) is 13.1. The Morgan fingerprint density at radius 2 is 2.04 bits per heavy atom. The minimum Gasteiger partial charge on any atom is -0.494 e. The molecule has 0 saturated carbocycles. The molecule has 1 unspecified atom stereocenters. The van der Waals surface area contributed by atoms with Crippen molar-refractivity contribution in [2.75, 3.05) is 33.3 Å². The molecule has 1 aliphatic rings. The van der Waals surface area contributed by atoms with Gasteiger partial charge in [-0.3, -0.25) is 4.79 Å². The highest BCUT2D eigenvalue weighted by Crippen LogP contribution is 2.23. The number of methoxy groups -OCH3 is 1. The maximum Gasteiger partial charge on any atom is 0.271 e. The molecule has 0 radical (unpaired) electrons. The third-order valence-corrected chi connectivity index (χ3v) is 5.03. The molecule has 6 nitrogen and oxygen atoms in total. The highest BCUT2D eigenvalue weighted by molar-refractivity contribution is 5.92. The highest BCUT2D eigenvalue weighted by atomic mass is 16.5. The second kappa shape index (κ2) is 9.04. The van der Waals surface area contributed by atoms with Crippen molar-refractivity contribution in [2.45, 2.75) is 33.1 Å². The number of piperidine rings is 1. The van der Waals surface area contributed by atoms with Crippen LogP contribution in [0.15, 0.2) is 30.5 Å². The zero-order valence-corrected chi connectivity index (χ0v) is 16.6. The number of amides is 1. The first-order valence-corrected chi connectivity index (χ1v) is 9.78. The maximum absolute atomic E-state index is 12.5. The van der Waals surface area contributed by atoms with E-state index in [1.807, 2.05) is 25.1 Å². The lowest BCUT2D eigenvalue weighted by atomic mass is 10.1. The van der Waals surface area contributed by atoms with Crippen molar-refractivity contribution < 1.29 is 9.53 Å². The fourth-order valence-electron chi connectivity index (χ4n) is 3.56. The number of hydrogen-bond donors (Lipinski definition) is 1. The molecule has 0 aliphatic carbocycles. The number of benzene rings is 1. The van der Waals surface area contributed by atoms with Crippen LogP contribution in [0.5, 0.6) is 5.75 Å². The maximum atomic E-state index is 12.5. The third-order valence-electron chi connectivity index (χ3n) is 5.03. The zero-order valence-electron chi connectivity index (χ0n) is 16.6. The van der Waals surface area contributed by atoms with Crippen molar-refractivity contribution in [3.05, 3.63) is 41.7 Å². The highest BCUT2D eigenvalue weighted by Gasteiger charge is 2.16. The zero-order chi connectivity index (χ0) is 19.2. The Bertz CT molecular complexity index is 765. The average molecular weight is 370 g/mol. The summed E-state index contributed by atoms with van der Waals surface area (Å²) in [5, 5.41) is 7.46. The van der Waals surface area contributed by atoms with Gasteiger partial charge >= 0.3 is 0 Å². The lowest BCUT2D eigenvalue weighted by Crippen LogP contribution is -2.38. The summed E-state index contributed by atoms with van der Waals surface area (Å²) in [7, 11) is 1.63. The van der Waals surface area contributed by atoms with Gasteiger partial charge < -0.3 is 15.0 Å². The number of nitrogens with zero attached hydrogens (tertiary/aromatic N) is 3. The number of rotatable bonds is 7. The Kier molecular flexibility index (Phi) is 6.50. The number of carbonyl (C=O) groups excluding carboxylic acids is 1. The predicted octanol–water partition coefficient (Wildman–Crippen LogP) is 3.04. The van der Waals surface area contributed by atoms with Crippen LogP contribution in [0.25, 0.3) is 5.69 Å². The number of likely N-dealkylation sites (tertiary alicyclic amines) is 1. The lowest BCUT2D eigenvalue weighted by Gasteiger charge is -2.29. The van der Waals surface area contributed by atoms with Gasteiger partial charge in [0.05, 0.1) is 7.11 Å². The van der Waals surface area contributed by atoms with Gasteiger partial charge in [0, 0.05) is 19.3 Å². The number of nitrogens with one attached hydrogen (secondary N) is 1. The van der Waals surface area contributed by atoms with Crippen LogP contribution in [0.1, 0.15) is 42.2 Å². The number of carbonyl (C=O) groups is 1. The Labute approximate surface area is 161 Å². The molecule has 1 atom stereocenters. The number of aryl methyl sites for hydroxylation is 1. The van der Waals surface area contributed by atoms with Gasteiger partial charge in [0.25, 0.3) is 5.91 Å². The van der Waals surface area contributed by atoms with Crippen molar-refractivity contribution in [1.29, 1.82) is 0 Å². The van der Waals surface area contributed by atoms with Gasteiger partial charge in [0.1, 0.15) is 11.4 Å². The third kappa shape index (κ3) is 5.10. The van der Waals surface area contributed by atoms with E-state index in [1.54, 1.807) is 24.1 Å². The van der Waals surface area contributed by atoms with Crippen LogP contribution in [0.4, 0.5) is 0 Å². The lowest BCUT2D eigenvalue weighted by molar-refractivity contribution is 0.0937. The number of hydrogen-bond acceptors (Lipinski definition) is 4. The molecule has 1 aromatic carbocycles.